The predicted molar refractivity (Wildman–Crippen MR) is 95.5 cm³/mol. The smallest absolute Gasteiger partial charge is 0.224 e. The number of nitrogens with two attached hydrogens (primary N) is 1. The van der Waals surface area contributed by atoms with Crippen molar-refractivity contribution >= 4 is 17.5 Å². The molecule has 1 fully saturated rings. The van der Waals surface area contributed by atoms with Gasteiger partial charge in [-0.1, -0.05) is 11.6 Å². The van der Waals surface area contributed by atoms with E-state index in [2.05, 4.69) is 10.4 Å². The summed E-state index contributed by atoms with van der Waals surface area (Å²) in [5, 5.41) is 8.34. The fraction of sp³-hybridized carbons (Fsp3) is 0.444. The van der Waals surface area contributed by atoms with E-state index < -0.39 is 0 Å². The number of nitrogens with zero attached hydrogens (tertiary/aromatic N) is 2. The van der Waals surface area contributed by atoms with Crippen molar-refractivity contribution in [2.45, 2.75) is 39.2 Å². The number of hydrogen-bond acceptors (Lipinski definition) is 3. The minimum absolute atomic E-state index is 0.0132. The molecule has 0 saturated heterocycles. The van der Waals surface area contributed by atoms with Crippen LogP contribution in [0.3, 0.4) is 0 Å². The molecule has 3 N–H and O–H groups in total. The van der Waals surface area contributed by atoms with Gasteiger partial charge in [0, 0.05) is 28.9 Å². The van der Waals surface area contributed by atoms with Crippen LogP contribution in [0, 0.1) is 19.8 Å². The Morgan fingerprint density at radius 1 is 1.38 bits per heavy atom. The molecule has 24 heavy (non-hydrogen) atoms. The number of hydrogen-bond donors (Lipinski definition) is 2. The van der Waals surface area contributed by atoms with E-state index in [4.69, 9.17) is 17.3 Å². The fourth-order valence-electron chi connectivity index (χ4n) is 3.05. The van der Waals surface area contributed by atoms with Gasteiger partial charge in [-0.2, -0.15) is 5.10 Å². The number of carbonyl (C=O) groups excluding carboxylic acids is 1. The van der Waals surface area contributed by atoms with E-state index in [0.29, 0.717) is 23.9 Å². The number of rotatable bonds is 6. The molecule has 1 amide bonds. The number of halogens is 1. The lowest BCUT2D eigenvalue weighted by Crippen LogP contribution is -2.42. The Morgan fingerprint density at radius 2 is 2.04 bits per heavy atom. The topological polar surface area (TPSA) is 72.9 Å². The van der Waals surface area contributed by atoms with Crippen LogP contribution in [-0.2, 0) is 11.2 Å². The Kier molecular flexibility index (Phi) is 4.92. The third kappa shape index (κ3) is 3.62. The van der Waals surface area contributed by atoms with Crippen LogP contribution < -0.4 is 11.1 Å². The molecule has 0 aliphatic heterocycles. The third-order valence-electron chi connectivity index (χ3n) is 4.64. The molecule has 1 saturated carbocycles. The minimum atomic E-state index is 0.0132. The molecule has 128 valence electrons. The lowest BCUT2D eigenvalue weighted by molar-refractivity contribution is -0.121. The molecule has 0 radical (unpaired) electrons. The molecule has 1 aliphatic carbocycles. The molecule has 1 aromatic heterocycles. The van der Waals surface area contributed by atoms with Crippen molar-refractivity contribution < 1.29 is 4.79 Å². The molecule has 1 unspecified atom stereocenters. The van der Waals surface area contributed by atoms with E-state index in [1.807, 2.05) is 42.8 Å². The molecular formula is C18H23ClN4O. The van der Waals surface area contributed by atoms with Gasteiger partial charge in [0.15, 0.2) is 0 Å². The van der Waals surface area contributed by atoms with Crippen molar-refractivity contribution in [2.24, 2.45) is 11.7 Å². The Bertz CT molecular complexity index is 734. The molecular weight excluding hydrogens is 324 g/mol. The minimum Gasteiger partial charge on any atom is -0.352 e. The third-order valence-corrected chi connectivity index (χ3v) is 4.89. The summed E-state index contributed by atoms with van der Waals surface area (Å²) in [7, 11) is 0. The second-order valence-electron chi connectivity index (χ2n) is 6.46. The maximum atomic E-state index is 12.4. The molecule has 5 nitrogen and oxygen atoms in total. The summed E-state index contributed by atoms with van der Waals surface area (Å²) in [5.74, 6) is 0.567. The van der Waals surface area contributed by atoms with Gasteiger partial charge in [0.2, 0.25) is 5.91 Å². The highest BCUT2D eigenvalue weighted by atomic mass is 35.5. The first-order chi connectivity index (χ1) is 11.5. The van der Waals surface area contributed by atoms with Crippen LogP contribution in [0.4, 0.5) is 0 Å². The van der Waals surface area contributed by atoms with E-state index in [0.717, 1.165) is 35.5 Å². The lowest BCUT2D eigenvalue weighted by Gasteiger charge is -2.16. The zero-order valence-corrected chi connectivity index (χ0v) is 14.8. The Balaban J connectivity index is 1.76. The van der Waals surface area contributed by atoms with E-state index >= 15 is 0 Å². The van der Waals surface area contributed by atoms with Gasteiger partial charge in [-0.25, -0.2) is 4.68 Å². The number of aryl methyl sites for hydroxylation is 1. The quantitative estimate of drug-likeness (QED) is 0.844. The van der Waals surface area contributed by atoms with Crippen LogP contribution in [0.15, 0.2) is 24.3 Å². The van der Waals surface area contributed by atoms with Gasteiger partial charge in [0.1, 0.15) is 0 Å². The van der Waals surface area contributed by atoms with Crippen molar-refractivity contribution in [1.29, 1.82) is 0 Å². The number of amides is 1. The van der Waals surface area contributed by atoms with Crippen molar-refractivity contribution in [3.05, 3.63) is 46.2 Å². The summed E-state index contributed by atoms with van der Waals surface area (Å²) >= 11 is 5.94. The summed E-state index contributed by atoms with van der Waals surface area (Å²) in [6.07, 6.45) is 2.65. The van der Waals surface area contributed by atoms with E-state index in [1.165, 1.54) is 0 Å². The first-order valence-electron chi connectivity index (χ1n) is 8.30. The standard InChI is InChI=1S/C18H23ClN4O/c1-11-16(9-18(24)21-17(10-20)13-3-4-13)12(2)23(22-11)15-7-5-14(19)6-8-15/h5-8,13,17H,3-4,9-10,20H2,1-2H3,(H,21,24). The summed E-state index contributed by atoms with van der Waals surface area (Å²) < 4.78 is 1.86. The van der Waals surface area contributed by atoms with Crippen LogP contribution in [-0.4, -0.2) is 28.3 Å². The second-order valence-corrected chi connectivity index (χ2v) is 6.90. The number of benzene rings is 1. The Hall–Kier alpha value is -1.85. The highest BCUT2D eigenvalue weighted by molar-refractivity contribution is 6.30. The summed E-state index contributed by atoms with van der Waals surface area (Å²) in [5.41, 5.74) is 9.51. The normalized spacial score (nSPS) is 15.3. The predicted octanol–water partition coefficient (Wildman–Crippen LogP) is 2.54. The molecule has 0 bridgehead atoms. The largest absolute Gasteiger partial charge is 0.352 e. The van der Waals surface area contributed by atoms with E-state index in [1.54, 1.807) is 0 Å². The van der Waals surface area contributed by atoms with Crippen LogP contribution in [0.5, 0.6) is 0 Å². The highest BCUT2D eigenvalue weighted by Gasteiger charge is 2.31. The van der Waals surface area contributed by atoms with Crippen molar-refractivity contribution in [2.75, 3.05) is 6.54 Å². The average molecular weight is 347 g/mol. The molecule has 2 aromatic rings. The van der Waals surface area contributed by atoms with Gasteiger partial charge in [0.05, 0.1) is 17.8 Å². The van der Waals surface area contributed by atoms with E-state index in [-0.39, 0.29) is 11.9 Å². The molecule has 1 atom stereocenters. The molecule has 1 heterocycles. The maximum Gasteiger partial charge on any atom is 0.224 e. The van der Waals surface area contributed by atoms with E-state index in [9.17, 15) is 4.79 Å². The summed E-state index contributed by atoms with van der Waals surface area (Å²) in [6, 6.07) is 7.61. The molecule has 1 aliphatic rings. The SMILES string of the molecule is Cc1nn(-c2ccc(Cl)cc2)c(C)c1CC(=O)NC(CN)C1CC1. The molecule has 3 rings (SSSR count). The van der Waals surface area contributed by atoms with Gasteiger partial charge >= 0.3 is 0 Å². The van der Waals surface area contributed by atoms with Crippen LogP contribution >= 0.6 is 11.6 Å². The Labute approximate surface area is 147 Å². The highest BCUT2D eigenvalue weighted by Crippen LogP contribution is 2.32. The second kappa shape index (κ2) is 6.95. The van der Waals surface area contributed by atoms with Crippen LogP contribution in [0.1, 0.15) is 29.8 Å². The van der Waals surface area contributed by atoms with Crippen molar-refractivity contribution in [3.8, 4) is 5.69 Å². The first kappa shape index (κ1) is 17.0. The summed E-state index contributed by atoms with van der Waals surface area (Å²) in [4.78, 5) is 12.4. The number of carbonyl (C=O) groups is 1. The zero-order chi connectivity index (χ0) is 17.3. The monoisotopic (exact) mass is 346 g/mol. The average Bonchev–Trinajstić information content (AvgIpc) is 3.36. The lowest BCUT2D eigenvalue weighted by atomic mass is 10.1. The molecule has 1 aromatic carbocycles. The number of aromatic nitrogens is 2. The van der Waals surface area contributed by atoms with Gasteiger partial charge in [0.25, 0.3) is 0 Å². The van der Waals surface area contributed by atoms with Crippen LogP contribution in [0.2, 0.25) is 5.02 Å². The van der Waals surface area contributed by atoms with Gasteiger partial charge in [-0.3, -0.25) is 4.79 Å². The van der Waals surface area contributed by atoms with Gasteiger partial charge < -0.3 is 11.1 Å². The van der Waals surface area contributed by atoms with Crippen molar-refractivity contribution in [1.82, 2.24) is 15.1 Å². The number of nitrogens with one attached hydrogen (secondary N) is 1. The fourth-order valence-corrected chi connectivity index (χ4v) is 3.18. The van der Waals surface area contributed by atoms with Crippen molar-refractivity contribution in [3.63, 3.8) is 0 Å². The molecule has 6 heteroatoms. The Morgan fingerprint density at radius 3 is 2.62 bits per heavy atom. The maximum absolute atomic E-state index is 12.4. The first-order valence-corrected chi connectivity index (χ1v) is 8.68. The summed E-state index contributed by atoms with van der Waals surface area (Å²) in [6.45, 7) is 4.42. The van der Waals surface area contributed by atoms with Gasteiger partial charge in [-0.15, -0.1) is 0 Å². The zero-order valence-electron chi connectivity index (χ0n) is 14.1. The molecule has 0 spiro atoms. The van der Waals surface area contributed by atoms with Crippen LogP contribution in [0.25, 0.3) is 5.69 Å². The van der Waals surface area contributed by atoms with Gasteiger partial charge in [-0.05, 0) is 56.9 Å².